The van der Waals surface area contributed by atoms with Crippen molar-refractivity contribution in [3.8, 4) is 0 Å². The van der Waals surface area contributed by atoms with E-state index in [4.69, 9.17) is 11.2 Å². The molecule has 2 heteroatoms. The monoisotopic (exact) mass is 108 g/mol. The van der Waals surface area contributed by atoms with E-state index in [2.05, 4.69) is 6.58 Å². The Balaban J connectivity index is 2.85. The van der Waals surface area contributed by atoms with Gasteiger partial charge in [-0.25, -0.2) is 0 Å². The SMILES string of the molecule is C=C(C)PCl. The van der Waals surface area contributed by atoms with Crippen LogP contribution in [0.5, 0.6) is 0 Å². The topological polar surface area (TPSA) is 0 Å². The van der Waals surface area contributed by atoms with Gasteiger partial charge in [-0.05, 0) is 12.2 Å². The molecule has 30 valence electrons. The molecule has 0 aliphatic heterocycles. The van der Waals surface area contributed by atoms with Crippen molar-refractivity contribution in [1.82, 2.24) is 0 Å². The maximum Gasteiger partial charge on any atom is 0.00157 e. The lowest BCUT2D eigenvalue weighted by Gasteiger charge is -1.77. The van der Waals surface area contributed by atoms with E-state index in [-0.39, 0.29) is 0 Å². The third-order valence-corrected chi connectivity index (χ3v) is 1.45. The fraction of sp³-hybridized carbons (Fsp3) is 0.333. The van der Waals surface area contributed by atoms with E-state index in [1.165, 1.54) is 0 Å². The van der Waals surface area contributed by atoms with Crippen LogP contribution in [0, 0.1) is 0 Å². The fourth-order valence-corrected chi connectivity index (χ4v) is 0. The van der Waals surface area contributed by atoms with Crippen molar-refractivity contribution in [2.75, 3.05) is 0 Å². The Kier molecular flexibility index (Phi) is 2.93. The van der Waals surface area contributed by atoms with Crippen LogP contribution in [0.4, 0.5) is 0 Å². The zero-order valence-electron chi connectivity index (χ0n) is 3.09. The molecule has 0 bridgehead atoms. The summed E-state index contributed by atoms with van der Waals surface area (Å²) in [6.07, 6.45) is 0. The summed E-state index contributed by atoms with van der Waals surface area (Å²) in [5.41, 5.74) is 0. The first kappa shape index (κ1) is 5.46. The highest BCUT2D eigenvalue weighted by Gasteiger charge is 1.70. The molecule has 0 amide bonds. The molecular formula is C3H6ClP. The molecule has 0 fully saturated rings. The average Bonchev–Trinajstić information content (AvgIpc) is 1.38. The molecule has 0 aromatic carbocycles. The molecule has 0 radical (unpaired) electrons. The second-order valence-electron chi connectivity index (χ2n) is 0.875. The molecule has 0 aromatic heterocycles. The van der Waals surface area contributed by atoms with Crippen molar-refractivity contribution in [3.63, 3.8) is 0 Å². The Morgan fingerprint density at radius 3 is 2.20 bits per heavy atom. The molecule has 0 saturated heterocycles. The van der Waals surface area contributed by atoms with Crippen LogP contribution in [0.3, 0.4) is 0 Å². The summed E-state index contributed by atoms with van der Waals surface area (Å²) in [4.78, 5) is 0. The van der Waals surface area contributed by atoms with Crippen LogP contribution in [-0.4, -0.2) is 0 Å². The normalized spacial score (nSPS) is 10.0. The van der Waals surface area contributed by atoms with Gasteiger partial charge in [0.2, 0.25) is 0 Å². The van der Waals surface area contributed by atoms with E-state index in [0.717, 1.165) is 5.31 Å². The third-order valence-electron chi connectivity index (χ3n) is 0.161. The predicted molar refractivity (Wildman–Crippen MR) is 29.0 cm³/mol. The first-order chi connectivity index (χ1) is 2.27. The molecule has 0 aliphatic carbocycles. The zero-order chi connectivity index (χ0) is 4.28. The van der Waals surface area contributed by atoms with Crippen LogP contribution < -0.4 is 0 Å². The summed E-state index contributed by atoms with van der Waals surface area (Å²) in [5, 5.41) is 1.05. The average molecular weight is 109 g/mol. The van der Waals surface area contributed by atoms with E-state index in [0.29, 0.717) is 7.93 Å². The third kappa shape index (κ3) is 4.46. The van der Waals surface area contributed by atoms with Crippen LogP contribution in [0.2, 0.25) is 0 Å². The Bertz CT molecular complexity index is 42.2. The maximum atomic E-state index is 5.26. The molecule has 1 unspecified atom stereocenters. The van der Waals surface area contributed by atoms with Gasteiger partial charge >= 0.3 is 0 Å². The van der Waals surface area contributed by atoms with Crippen molar-refractivity contribution in [2.45, 2.75) is 6.92 Å². The van der Waals surface area contributed by atoms with Gasteiger partial charge in [0, 0.05) is 7.93 Å². The molecular weight excluding hydrogens is 102 g/mol. The van der Waals surface area contributed by atoms with E-state index in [1.807, 2.05) is 6.92 Å². The molecule has 0 nitrogen and oxygen atoms in total. The van der Waals surface area contributed by atoms with Crippen molar-refractivity contribution < 1.29 is 0 Å². The summed E-state index contributed by atoms with van der Waals surface area (Å²) < 4.78 is 0. The molecule has 0 aliphatic rings. The molecule has 0 rings (SSSR count). The molecule has 0 aromatic rings. The van der Waals surface area contributed by atoms with Crippen LogP contribution in [0.1, 0.15) is 6.92 Å². The lowest BCUT2D eigenvalue weighted by Crippen LogP contribution is -1.39. The van der Waals surface area contributed by atoms with Gasteiger partial charge < -0.3 is 0 Å². The highest BCUT2D eigenvalue weighted by Crippen LogP contribution is 2.24. The molecule has 1 atom stereocenters. The maximum absolute atomic E-state index is 5.26. The summed E-state index contributed by atoms with van der Waals surface area (Å²) in [6, 6.07) is 0. The number of hydrogen-bond acceptors (Lipinski definition) is 0. The molecule has 0 saturated carbocycles. The van der Waals surface area contributed by atoms with Gasteiger partial charge in [-0.15, -0.1) is 0 Å². The number of hydrogen-bond donors (Lipinski definition) is 0. The predicted octanol–water partition coefficient (Wildman–Crippen LogP) is 2.35. The largest absolute Gasteiger partial charge is 0.0952 e. The lowest BCUT2D eigenvalue weighted by molar-refractivity contribution is 1.73. The summed E-state index contributed by atoms with van der Waals surface area (Å²) in [5.74, 6) is 0. The van der Waals surface area contributed by atoms with Gasteiger partial charge in [0.25, 0.3) is 0 Å². The van der Waals surface area contributed by atoms with E-state index in [9.17, 15) is 0 Å². The van der Waals surface area contributed by atoms with Gasteiger partial charge in [0.15, 0.2) is 0 Å². The van der Waals surface area contributed by atoms with Crippen molar-refractivity contribution >= 4 is 19.2 Å². The number of allylic oxidation sites excluding steroid dienone is 1. The number of halogens is 1. The minimum atomic E-state index is 0.392. The first-order valence-electron chi connectivity index (χ1n) is 1.29. The lowest BCUT2D eigenvalue weighted by atomic mass is 10.8. The molecule has 5 heavy (non-hydrogen) atoms. The van der Waals surface area contributed by atoms with Gasteiger partial charge in [-0.2, -0.15) is 0 Å². The van der Waals surface area contributed by atoms with Gasteiger partial charge in [-0.3, -0.25) is 0 Å². The zero-order valence-corrected chi connectivity index (χ0v) is 4.84. The van der Waals surface area contributed by atoms with Gasteiger partial charge in [0.05, 0.1) is 0 Å². The Hall–Kier alpha value is 0.460. The smallest absolute Gasteiger partial charge is 0.00157 e. The van der Waals surface area contributed by atoms with E-state index in [1.54, 1.807) is 0 Å². The summed E-state index contributed by atoms with van der Waals surface area (Å²) in [6.45, 7) is 5.46. The highest BCUT2D eigenvalue weighted by atomic mass is 35.7. The minimum Gasteiger partial charge on any atom is -0.0952 e. The minimum absolute atomic E-state index is 0.392. The fourth-order valence-electron chi connectivity index (χ4n) is 0. The van der Waals surface area contributed by atoms with E-state index >= 15 is 0 Å². The van der Waals surface area contributed by atoms with Crippen LogP contribution in [-0.2, 0) is 0 Å². The first-order valence-corrected chi connectivity index (χ1v) is 3.30. The van der Waals surface area contributed by atoms with Gasteiger partial charge in [-0.1, -0.05) is 17.8 Å². The second kappa shape index (κ2) is 2.68. The van der Waals surface area contributed by atoms with Crippen molar-refractivity contribution in [2.24, 2.45) is 0 Å². The van der Waals surface area contributed by atoms with Crippen LogP contribution in [0.15, 0.2) is 11.9 Å². The molecule has 0 heterocycles. The number of rotatable bonds is 1. The Labute approximate surface area is 38.8 Å². The Morgan fingerprint density at radius 2 is 2.20 bits per heavy atom. The van der Waals surface area contributed by atoms with E-state index < -0.39 is 0 Å². The Morgan fingerprint density at radius 1 is 2.00 bits per heavy atom. The van der Waals surface area contributed by atoms with Crippen LogP contribution >= 0.6 is 19.2 Å². The summed E-state index contributed by atoms with van der Waals surface area (Å²) in [7, 11) is 0.392. The van der Waals surface area contributed by atoms with Crippen molar-refractivity contribution in [3.05, 3.63) is 11.9 Å². The van der Waals surface area contributed by atoms with Crippen molar-refractivity contribution in [1.29, 1.82) is 0 Å². The molecule has 0 N–H and O–H groups in total. The van der Waals surface area contributed by atoms with Crippen LogP contribution in [0.25, 0.3) is 0 Å². The summed E-state index contributed by atoms with van der Waals surface area (Å²) >= 11 is 5.26. The van der Waals surface area contributed by atoms with Gasteiger partial charge in [0.1, 0.15) is 0 Å². The standard InChI is InChI=1S/C3H6ClP/c1-3(2)5-4/h5H,1H2,2H3. The molecule has 0 spiro atoms. The quantitative estimate of drug-likeness (QED) is 0.453. The highest BCUT2D eigenvalue weighted by molar-refractivity contribution is 7.71. The second-order valence-corrected chi connectivity index (χ2v) is 2.48.